The smallest absolute Gasteiger partial charge is 0.241 e. The molecule has 172 valence electrons. The molecule has 4 atom stereocenters. The first kappa shape index (κ1) is 22.2. The Hall–Kier alpha value is -2.04. The van der Waals surface area contributed by atoms with E-state index in [1.165, 1.54) is 6.26 Å². The van der Waals surface area contributed by atoms with E-state index in [4.69, 9.17) is 14.2 Å². The topological polar surface area (TPSA) is 106 Å². The van der Waals surface area contributed by atoms with Crippen molar-refractivity contribution in [1.29, 1.82) is 0 Å². The van der Waals surface area contributed by atoms with Crippen LogP contribution in [0.1, 0.15) is 43.7 Å². The van der Waals surface area contributed by atoms with Gasteiger partial charge in [-0.3, -0.25) is 4.79 Å². The Labute approximate surface area is 183 Å². The maximum Gasteiger partial charge on any atom is 0.241 e. The molecule has 10 heteroatoms. The van der Waals surface area contributed by atoms with Gasteiger partial charge in [-0.2, -0.15) is 0 Å². The maximum absolute atomic E-state index is 13.3. The number of nitrogens with one attached hydrogen (secondary N) is 2. The van der Waals surface area contributed by atoms with Gasteiger partial charge in [-0.1, -0.05) is 0 Å². The minimum absolute atomic E-state index is 0.00741. The number of hydrogen-bond acceptors (Lipinski definition) is 8. The van der Waals surface area contributed by atoms with Gasteiger partial charge in [-0.05, 0) is 49.8 Å². The summed E-state index contributed by atoms with van der Waals surface area (Å²) in [7, 11) is 1.62. The number of fused-ring (bicyclic) bond motifs is 2. The summed E-state index contributed by atoms with van der Waals surface area (Å²) >= 11 is 0. The zero-order valence-electron chi connectivity index (χ0n) is 18.4. The molecular weight excluding hydrogens is 422 g/mol. The first-order valence-corrected chi connectivity index (χ1v) is 12.5. The van der Waals surface area contributed by atoms with Crippen molar-refractivity contribution in [1.82, 2.24) is 15.8 Å². The summed E-state index contributed by atoms with van der Waals surface area (Å²) in [6.07, 6.45) is 4.70. The highest BCUT2D eigenvalue weighted by Crippen LogP contribution is 2.42. The highest BCUT2D eigenvalue weighted by Gasteiger charge is 2.48. The molecule has 3 fully saturated rings. The van der Waals surface area contributed by atoms with Crippen molar-refractivity contribution in [2.24, 2.45) is 0 Å². The predicted octanol–water partition coefficient (Wildman–Crippen LogP) is 1.19. The third-order valence-corrected chi connectivity index (χ3v) is 8.44. The second kappa shape index (κ2) is 8.48. The van der Waals surface area contributed by atoms with Crippen LogP contribution in [0, 0.1) is 0 Å². The van der Waals surface area contributed by atoms with Gasteiger partial charge in [0.25, 0.3) is 0 Å². The highest BCUT2D eigenvalue weighted by atomic mass is 32.2. The van der Waals surface area contributed by atoms with Crippen LogP contribution >= 0.6 is 0 Å². The molecule has 3 aliphatic heterocycles. The number of nitrogens with zero attached hydrogens (tertiary/aromatic N) is 1. The molecule has 2 bridgehead atoms. The molecule has 0 spiro atoms. The maximum atomic E-state index is 13.3. The normalized spacial score (nSPS) is 30.3. The Morgan fingerprint density at radius 1 is 0.968 bits per heavy atom. The standard InChI is InChI=1S/C21H31N3O6S/c1-28-18-7-12(8-19(29-2)20(18)30-3)16-11-17(23-22-16)21(25)24-13-5-6-14(24)10-15(9-13)31(4,26)27/h7-8,13-17,22-23H,5-6,9-11H2,1-4H3. The first-order valence-electron chi connectivity index (χ1n) is 10.6. The van der Waals surface area contributed by atoms with E-state index in [2.05, 4.69) is 10.9 Å². The van der Waals surface area contributed by atoms with Crippen LogP contribution < -0.4 is 25.1 Å². The van der Waals surface area contributed by atoms with Gasteiger partial charge in [0.05, 0.1) is 26.6 Å². The molecule has 1 aromatic rings. The molecule has 2 N–H and O–H groups in total. The van der Waals surface area contributed by atoms with Crippen molar-refractivity contribution in [3.63, 3.8) is 0 Å². The molecule has 1 amide bonds. The lowest BCUT2D eigenvalue weighted by molar-refractivity contribution is -0.137. The lowest BCUT2D eigenvalue weighted by Crippen LogP contribution is -2.54. The Balaban J connectivity index is 1.48. The molecule has 0 aromatic heterocycles. The van der Waals surface area contributed by atoms with Crippen LogP contribution in [0.3, 0.4) is 0 Å². The number of benzene rings is 1. The fourth-order valence-electron chi connectivity index (χ4n) is 5.26. The quantitative estimate of drug-likeness (QED) is 0.662. The van der Waals surface area contributed by atoms with Crippen LogP contribution in [-0.4, -0.2) is 70.2 Å². The largest absolute Gasteiger partial charge is 0.493 e. The van der Waals surface area contributed by atoms with Crippen LogP contribution in [0.2, 0.25) is 0 Å². The van der Waals surface area contributed by atoms with Crippen molar-refractivity contribution in [2.75, 3.05) is 27.6 Å². The fourth-order valence-corrected chi connectivity index (χ4v) is 6.40. The average Bonchev–Trinajstić information content (AvgIpc) is 3.34. The zero-order chi connectivity index (χ0) is 22.3. The summed E-state index contributed by atoms with van der Waals surface area (Å²) in [5.74, 6) is 1.70. The molecule has 0 radical (unpaired) electrons. The lowest BCUT2D eigenvalue weighted by atomic mass is 9.97. The van der Waals surface area contributed by atoms with Crippen molar-refractivity contribution in [2.45, 2.75) is 61.5 Å². The molecule has 0 aliphatic carbocycles. The third-order valence-electron chi connectivity index (χ3n) is 6.84. The van der Waals surface area contributed by atoms with Gasteiger partial charge in [-0.15, -0.1) is 0 Å². The van der Waals surface area contributed by atoms with E-state index in [1.807, 2.05) is 17.0 Å². The van der Waals surface area contributed by atoms with E-state index < -0.39 is 9.84 Å². The molecule has 0 saturated carbocycles. The van der Waals surface area contributed by atoms with Crippen LogP contribution in [0.5, 0.6) is 17.2 Å². The van der Waals surface area contributed by atoms with E-state index in [1.54, 1.807) is 21.3 Å². The second-order valence-corrected chi connectivity index (χ2v) is 11.0. The van der Waals surface area contributed by atoms with Gasteiger partial charge in [0.2, 0.25) is 11.7 Å². The lowest BCUT2D eigenvalue weighted by Gasteiger charge is -2.39. The molecule has 3 saturated heterocycles. The van der Waals surface area contributed by atoms with Crippen molar-refractivity contribution < 1.29 is 27.4 Å². The fraction of sp³-hybridized carbons (Fsp3) is 0.667. The minimum Gasteiger partial charge on any atom is -0.493 e. The Kier molecular flexibility index (Phi) is 6.06. The van der Waals surface area contributed by atoms with Crippen LogP contribution in [0.25, 0.3) is 0 Å². The van der Waals surface area contributed by atoms with Crippen molar-refractivity contribution >= 4 is 15.7 Å². The van der Waals surface area contributed by atoms with Crippen molar-refractivity contribution in [3.05, 3.63) is 17.7 Å². The first-order chi connectivity index (χ1) is 14.8. The molecule has 3 heterocycles. The van der Waals surface area contributed by atoms with Gasteiger partial charge in [0.1, 0.15) is 15.9 Å². The molecule has 4 unspecified atom stereocenters. The summed E-state index contributed by atoms with van der Waals surface area (Å²) < 4.78 is 40.3. The van der Waals surface area contributed by atoms with E-state index in [0.29, 0.717) is 36.5 Å². The Bertz CT molecular complexity index is 913. The summed E-state index contributed by atoms with van der Waals surface area (Å²) in [4.78, 5) is 15.3. The summed E-state index contributed by atoms with van der Waals surface area (Å²) in [6.45, 7) is 0. The predicted molar refractivity (Wildman–Crippen MR) is 115 cm³/mol. The van der Waals surface area contributed by atoms with Crippen LogP contribution in [-0.2, 0) is 14.6 Å². The van der Waals surface area contributed by atoms with Gasteiger partial charge in [0.15, 0.2) is 11.5 Å². The average molecular weight is 454 g/mol. The Morgan fingerprint density at radius 2 is 1.55 bits per heavy atom. The minimum atomic E-state index is -3.08. The number of ether oxygens (including phenoxy) is 3. The van der Waals surface area contributed by atoms with Crippen LogP contribution in [0.15, 0.2) is 12.1 Å². The molecule has 1 aromatic carbocycles. The van der Waals surface area contributed by atoms with Gasteiger partial charge >= 0.3 is 0 Å². The van der Waals surface area contributed by atoms with Gasteiger partial charge < -0.3 is 19.1 Å². The number of methoxy groups -OCH3 is 3. The molecular formula is C21H31N3O6S. The number of carbonyl (C=O) groups is 1. The van der Waals surface area contributed by atoms with Gasteiger partial charge in [0, 0.05) is 24.4 Å². The number of carbonyl (C=O) groups excluding carboxylic acids is 1. The third kappa shape index (κ3) is 4.08. The highest BCUT2D eigenvalue weighted by molar-refractivity contribution is 7.91. The SMILES string of the molecule is COc1cc(C2CC(C(=O)N3C4CCC3CC(S(C)(=O)=O)C4)NN2)cc(OC)c1OC. The number of hydrogen-bond donors (Lipinski definition) is 2. The summed E-state index contributed by atoms with van der Waals surface area (Å²) in [5, 5.41) is -0.337. The zero-order valence-corrected chi connectivity index (χ0v) is 19.2. The molecule has 31 heavy (non-hydrogen) atoms. The van der Waals surface area contributed by atoms with Gasteiger partial charge in [-0.25, -0.2) is 19.3 Å². The van der Waals surface area contributed by atoms with E-state index in [-0.39, 0.29) is 35.3 Å². The number of piperidine rings is 1. The number of rotatable bonds is 6. The summed E-state index contributed by atoms with van der Waals surface area (Å²) in [5.41, 5.74) is 7.29. The van der Waals surface area contributed by atoms with E-state index in [9.17, 15) is 13.2 Å². The number of amides is 1. The van der Waals surface area contributed by atoms with Crippen molar-refractivity contribution in [3.8, 4) is 17.2 Å². The second-order valence-electron chi connectivity index (χ2n) is 8.64. The summed E-state index contributed by atoms with van der Waals surface area (Å²) in [6, 6.07) is 3.31. The Morgan fingerprint density at radius 3 is 2.03 bits per heavy atom. The van der Waals surface area contributed by atoms with E-state index in [0.717, 1.165) is 18.4 Å². The van der Waals surface area contributed by atoms with Crippen LogP contribution in [0.4, 0.5) is 0 Å². The monoisotopic (exact) mass is 453 g/mol. The van der Waals surface area contributed by atoms with E-state index >= 15 is 0 Å². The number of hydrazine groups is 1. The number of sulfone groups is 1. The molecule has 3 aliphatic rings. The molecule has 4 rings (SSSR count). The molecule has 9 nitrogen and oxygen atoms in total.